The standard InChI is InChI=1S/C15H22N4O3/c1-4-5-16-15(21)19-8-6-18(7-9-19)14(20)10-13-11(2)17-22-12(13)3/h4H,1,5-10H2,2-3H3,(H,16,21). The first-order chi connectivity index (χ1) is 10.5. The molecule has 7 heteroatoms. The van der Waals surface area contributed by atoms with Crippen LogP contribution in [0.25, 0.3) is 0 Å². The van der Waals surface area contributed by atoms with Crippen LogP contribution in [0.5, 0.6) is 0 Å². The highest BCUT2D eigenvalue weighted by molar-refractivity contribution is 5.80. The molecule has 0 radical (unpaired) electrons. The van der Waals surface area contributed by atoms with Gasteiger partial charge in [-0.3, -0.25) is 4.79 Å². The number of hydrogen-bond donors (Lipinski definition) is 1. The number of urea groups is 1. The molecule has 2 heterocycles. The van der Waals surface area contributed by atoms with E-state index in [1.807, 2.05) is 13.8 Å². The van der Waals surface area contributed by atoms with Gasteiger partial charge in [-0.1, -0.05) is 11.2 Å². The minimum Gasteiger partial charge on any atom is -0.361 e. The van der Waals surface area contributed by atoms with Gasteiger partial charge in [0.1, 0.15) is 5.76 Å². The van der Waals surface area contributed by atoms with Gasteiger partial charge in [-0.15, -0.1) is 6.58 Å². The normalized spacial score (nSPS) is 14.8. The molecule has 0 saturated carbocycles. The van der Waals surface area contributed by atoms with E-state index in [-0.39, 0.29) is 11.9 Å². The minimum absolute atomic E-state index is 0.0422. The summed E-state index contributed by atoms with van der Waals surface area (Å²) in [5.74, 6) is 0.730. The molecule has 0 aromatic carbocycles. The van der Waals surface area contributed by atoms with Crippen LogP contribution in [0.15, 0.2) is 17.2 Å². The van der Waals surface area contributed by atoms with E-state index in [2.05, 4.69) is 17.1 Å². The molecule has 7 nitrogen and oxygen atoms in total. The number of nitrogens with one attached hydrogen (secondary N) is 1. The fourth-order valence-corrected chi connectivity index (χ4v) is 2.45. The van der Waals surface area contributed by atoms with Crippen LogP contribution in [0.3, 0.4) is 0 Å². The van der Waals surface area contributed by atoms with Crippen LogP contribution in [-0.2, 0) is 11.2 Å². The predicted molar refractivity (Wildman–Crippen MR) is 81.4 cm³/mol. The van der Waals surface area contributed by atoms with Crippen LogP contribution in [0.2, 0.25) is 0 Å². The summed E-state index contributed by atoms with van der Waals surface area (Å²) in [7, 11) is 0. The first-order valence-corrected chi connectivity index (χ1v) is 7.36. The van der Waals surface area contributed by atoms with E-state index in [4.69, 9.17) is 4.52 Å². The Morgan fingerprint density at radius 3 is 2.45 bits per heavy atom. The molecule has 0 aliphatic carbocycles. The van der Waals surface area contributed by atoms with Gasteiger partial charge in [-0.2, -0.15) is 0 Å². The summed E-state index contributed by atoms with van der Waals surface area (Å²) in [6.45, 7) is 9.82. The Kier molecular flexibility index (Phi) is 5.19. The third-order valence-electron chi connectivity index (χ3n) is 3.83. The second-order valence-electron chi connectivity index (χ2n) is 5.32. The third-order valence-corrected chi connectivity index (χ3v) is 3.83. The molecular formula is C15H22N4O3. The number of aryl methyl sites for hydroxylation is 2. The highest BCUT2D eigenvalue weighted by atomic mass is 16.5. The summed E-state index contributed by atoms with van der Waals surface area (Å²) in [5, 5.41) is 6.61. The van der Waals surface area contributed by atoms with Gasteiger partial charge in [-0.25, -0.2) is 4.79 Å². The Labute approximate surface area is 129 Å². The number of aromatic nitrogens is 1. The molecule has 2 rings (SSSR count). The molecule has 1 aliphatic rings. The molecule has 3 amide bonds. The van der Waals surface area contributed by atoms with E-state index >= 15 is 0 Å². The van der Waals surface area contributed by atoms with Crippen molar-refractivity contribution < 1.29 is 14.1 Å². The molecule has 120 valence electrons. The van der Waals surface area contributed by atoms with Crippen molar-refractivity contribution in [2.24, 2.45) is 0 Å². The fourth-order valence-electron chi connectivity index (χ4n) is 2.45. The Morgan fingerprint density at radius 2 is 1.91 bits per heavy atom. The van der Waals surface area contributed by atoms with E-state index in [1.54, 1.807) is 15.9 Å². The Balaban J connectivity index is 1.85. The van der Waals surface area contributed by atoms with E-state index < -0.39 is 0 Å². The van der Waals surface area contributed by atoms with Gasteiger partial charge in [0.2, 0.25) is 5.91 Å². The summed E-state index contributed by atoms with van der Waals surface area (Å²) in [6.07, 6.45) is 1.94. The number of hydrogen-bond acceptors (Lipinski definition) is 4. The summed E-state index contributed by atoms with van der Waals surface area (Å²) < 4.78 is 5.08. The predicted octanol–water partition coefficient (Wildman–Crippen LogP) is 0.874. The molecule has 1 aromatic heterocycles. The molecule has 0 unspecified atom stereocenters. The third kappa shape index (κ3) is 3.66. The summed E-state index contributed by atoms with van der Waals surface area (Å²) >= 11 is 0. The van der Waals surface area contributed by atoms with Crippen molar-refractivity contribution in [3.8, 4) is 0 Å². The zero-order chi connectivity index (χ0) is 16.1. The zero-order valence-electron chi connectivity index (χ0n) is 13.1. The van der Waals surface area contributed by atoms with Gasteiger partial charge >= 0.3 is 6.03 Å². The second kappa shape index (κ2) is 7.11. The van der Waals surface area contributed by atoms with E-state index in [9.17, 15) is 9.59 Å². The molecule has 0 bridgehead atoms. The van der Waals surface area contributed by atoms with E-state index in [0.29, 0.717) is 44.9 Å². The van der Waals surface area contributed by atoms with Crippen LogP contribution in [0.1, 0.15) is 17.0 Å². The average molecular weight is 306 g/mol. The first kappa shape index (κ1) is 16.1. The molecule has 1 aliphatic heterocycles. The molecule has 0 spiro atoms. The lowest BCUT2D eigenvalue weighted by molar-refractivity contribution is -0.131. The van der Waals surface area contributed by atoms with E-state index in [1.165, 1.54) is 0 Å². The van der Waals surface area contributed by atoms with Crippen LogP contribution in [-0.4, -0.2) is 59.6 Å². The Bertz CT molecular complexity index is 540. The van der Waals surface area contributed by atoms with Gasteiger partial charge in [0, 0.05) is 38.3 Å². The van der Waals surface area contributed by atoms with Crippen molar-refractivity contribution in [3.05, 3.63) is 29.7 Å². The van der Waals surface area contributed by atoms with Crippen molar-refractivity contribution in [2.75, 3.05) is 32.7 Å². The van der Waals surface area contributed by atoms with Crippen LogP contribution in [0.4, 0.5) is 4.79 Å². The summed E-state index contributed by atoms with van der Waals surface area (Å²) in [4.78, 5) is 27.7. The van der Waals surface area contributed by atoms with Gasteiger partial charge in [0.05, 0.1) is 12.1 Å². The Hall–Kier alpha value is -2.31. The van der Waals surface area contributed by atoms with Crippen molar-refractivity contribution in [1.82, 2.24) is 20.3 Å². The number of carbonyl (C=O) groups excluding carboxylic acids is 2. The van der Waals surface area contributed by atoms with Crippen molar-refractivity contribution >= 4 is 11.9 Å². The van der Waals surface area contributed by atoms with Crippen LogP contribution >= 0.6 is 0 Å². The molecule has 1 N–H and O–H groups in total. The summed E-state index contributed by atoms with van der Waals surface area (Å²) in [6, 6.07) is -0.113. The fraction of sp³-hybridized carbons (Fsp3) is 0.533. The van der Waals surface area contributed by atoms with Gasteiger partial charge in [-0.05, 0) is 13.8 Å². The Morgan fingerprint density at radius 1 is 1.27 bits per heavy atom. The lowest BCUT2D eigenvalue weighted by Crippen LogP contribution is -2.53. The summed E-state index contributed by atoms with van der Waals surface area (Å²) in [5.41, 5.74) is 1.62. The molecule has 0 atom stereocenters. The topological polar surface area (TPSA) is 78.7 Å². The lowest BCUT2D eigenvalue weighted by atomic mass is 10.1. The highest BCUT2D eigenvalue weighted by Crippen LogP contribution is 2.14. The lowest BCUT2D eigenvalue weighted by Gasteiger charge is -2.34. The smallest absolute Gasteiger partial charge is 0.317 e. The maximum atomic E-state index is 12.3. The quantitative estimate of drug-likeness (QED) is 0.837. The van der Waals surface area contributed by atoms with Crippen molar-refractivity contribution in [1.29, 1.82) is 0 Å². The average Bonchev–Trinajstić information content (AvgIpc) is 2.84. The number of piperazine rings is 1. The number of rotatable bonds is 4. The SMILES string of the molecule is C=CCNC(=O)N1CCN(C(=O)Cc2c(C)noc2C)CC1. The minimum atomic E-state index is -0.113. The highest BCUT2D eigenvalue weighted by Gasteiger charge is 2.25. The molecule has 1 saturated heterocycles. The number of nitrogens with zero attached hydrogens (tertiary/aromatic N) is 3. The van der Waals surface area contributed by atoms with Gasteiger partial charge < -0.3 is 19.6 Å². The molecular weight excluding hydrogens is 284 g/mol. The van der Waals surface area contributed by atoms with Crippen molar-refractivity contribution in [3.63, 3.8) is 0 Å². The monoisotopic (exact) mass is 306 g/mol. The molecule has 1 fully saturated rings. The van der Waals surface area contributed by atoms with Crippen LogP contribution < -0.4 is 5.32 Å². The van der Waals surface area contributed by atoms with Gasteiger partial charge in [0.15, 0.2) is 0 Å². The van der Waals surface area contributed by atoms with Gasteiger partial charge in [0.25, 0.3) is 0 Å². The molecule has 22 heavy (non-hydrogen) atoms. The van der Waals surface area contributed by atoms with Crippen molar-refractivity contribution in [2.45, 2.75) is 20.3 Å². The number of amides is 3. The first-order valence-electron chi connectivity index (χ1n) is 7.36. The largest absolute Gasteiger partial charge is 0.361 e. The van der Waals surface area contributed by atoms with E-state index in [0.717, 1.165) is 11.3 Å². The maximum absolute atomic E-state index is 12.3. The molecule has 1 aromatic rings. The van der Waals surface area contributed by atoms with Crippen LogP contribution in [0, 0.1) is 13.8 Å². The maximum Gasteiger partial charge on any atom is 0.317 e. The second-order valence-corrected chi connectivity index (χ2v) is 5.32. The zero-order valence-corrected chi connectivity index (χ0v) is 13.1. The number of carbonyl (C=O) groups is 2.